The molecular weight excluding hydrogens is 302 g/mol. The summed E-state index contributed by atoms with van der Waals surface area (Å²) in [5.74, 6) is 0. The molecule has 0 radical (unpaired) electrons. The summed E-state index contributed by atoms with van der Waals surface area (Å²) in [4.78, 5) is 0.351. The molecule has 0 N–H and O–H groups in total. The lowest BCUT2D eigenvalue weighted by atomic mass is 10.1. The van der Waals surface area contributed by atoms with Crippen molar-refractivity contribution in [3.8, 4) is 11.1 Å². The molecule has 0 aromatic heterocycles. The van der Waals surface area contributed by atoms with Gasteiger partial charge in [-0.2, -0.15) is 16.9 Å². The van der Waals surface area contributed by atoms with E-state index in [1.807, 2.05) is 42.5 Å². The van der Waals surface area contributed by atoms with Crippen molar-refractivity contribution < 1.29 is 8.42 Å². The molecule has 0 spiro atoms. The Morgan fingerprint density at radius 1 is 0.952 bits per heavy atom. The third kappa shape index (κ3) is 3.00. The average molecular weight is 319 g/mol. The van der Waals surface area contributed by atoms with Crippen LogP contribution in [0.2, 0.25) is 0 Å². The van der Waals surface area contributed by atoms with Gasteiger partial charge >= 0.3 is 0 Å². The van der Waals surface area contributed by atoms with Crippen LogP contribution in [0.25, 0.3) is 11.1 Å². The number of sulfonamides is 1. The Balaban J connectivity index is 1.87. The Hall–Kier alpha value is -1.30. The number of hydrogen-bond donors (Lipinski definition) is 1. The Kier molecular flexibility index (Phi) is 4.06. The van der Waals surface area contributed by atoms with Gasteiger partial charge in [0.1, 0.15) is 0 Å². The molecule has 1 heterocycles. The first kappa shape index (κ1) is 14.6. The van der Waals surface area contributed by atoms with Gasteiger partial charge in [-0.1, -0.05) is 42.5 Å². The second kappa shape index (κ2) is 5.83. The van der Waals surface area contributed by atoms with Gasteiger partial charge in [0, 0.05) is 18.3 Å². The molecular formula is C16H17NO2S2. The van der Waals surface area contributed by atoms with Gasteiger partial charge in [-0.05, 0) is 29.7 Å². The Morgan fingerprint density at radius 3 is 2.14 bits per heavy atom. The second-order valence-corrected chi connectivity index (χ2v) is 7.86. The van der Waals surface area contributed by atoms with Gasteiger partial charge < -0.3 is 0 Å². The highest BCUT2D eigenvalue weighted by Gasteiger charge is 2.30. The van der Waals surface area contributed by atoms with Crippen molar-refractivity contribution in [2.24, 2.45) is 0 Å². The molecule has 1 fully saturated rings. The maximum absolute atomic E-state index is 12.5. The van der Waals surface area contributed by atoms with Crippen molar-refractivity contribution in [2.75, 3.05) is 13.1 Å². The van der Waals surface area contributed by atoms with E-state index in [9.17, 15) is 8.42 Å². The van der Waals surface area contributed by atoms with Crippen molar-refractivity contribution >= 4 is 22.7 Å². The van der Waals surface area contributed by atoms with Crippen LogP contribution in [0, 0.1) is 0 Å². The lowest BCUT2D eigenvalue weighted by molar-refractivity contribution is 0.478. The molecule has 2 aromatic rings. The van der Waals surface area contributed by atoms with E-state index in [1.165, 1.54) is 4.31 Å². The van der Waals surface area contributed by atoms with E-state index in [0.717, 1.165) is 17.5 Å². The largest absolute Gasteiger partial charge is 0.243 e. The summed E-state index contributed by atoms with van der Waals surface area (Å²) in [6, 6.07) is 17.0. The summed E-state index contributed by atoms with van der Waals surface area (Å²) >= 11 is 4.35. The first-order valence-electron chi connectivity index (χ1n) is 6.91. The first-order valence-corrected chi connectivity index (χ1v) is 8.87. The lowest BCUT2D eigenvalue weighted by Gasteiger charge is -2.16. The van der Waals surface area contributed by atoms with Crippen LogP contribution in [-0.2, 0) is 10.0 Å². The maximum Gasteiger partial charge on any atom is 0.243 e. The van der Waals surface area contributed by atoms with Crippen molar-refractivity contribution in [3.63, 3.8) is 0 Å². The topological polar surface area (TPSA) is 37.4 Å². The second-order valence-electron chi connectivity index (χ2n) is 5.20. The molecule has 1 saturated heterocycles. The maximum atomic E-state index is 12.5. The SMILES string of the molecule is O=S(=O)(c1ccc(-c2ccccc2)cc1)N1CCC(S)C1. The normalized spacial score (nSPS) is 19.8. The van der Waals surface area contributed by atoms with E-state index in [0.29, 0.717) is 18.0 Å². The van der Waals surface area contributed by atoms with Gasteiger partial charge in [0.2, 0.25) is 10.0 Å². The van der Waals surface area contributed by atoms with E-state index in [1.54, 1.807) is 12.1 Å². The molecule has 0 saturated carbocycles. The number of nitrogens with zero attached hydrogens (tertiary/aromatic N) is 1. The lowest BCUT2D eigenvalue weighted by Crippen LogP contribution is -2.28. The van der Waals surface area contributed by atoms with E-state index < -0.39 is 10.0 Å². The first-order chi connectivity index (χ1) is 10.1. The summed E-state index contributed by atoms with van der Waals surface area (Å²) < 4.78 is 26.6. The van der Waals surface area contributed by atoms with Crippen LogP contribution in [0.1, 0.15) is 6.42 Å². The zero-order chi connectivity index (χ0) is 14.9. The van der Waals surface area contributed by atoms with Gasteiger partial charge in [-0.25, -0.2) is 8.42 Å². The predicted molar refractivity (Wildman–Crippen MR) is 88.0 cm³/mol. The summed E-state index contributed by atoms with van der Waals surface area (Å²) in [5, 5.41) is 0.142. The number of thiol groups is 1. The van der Waals surface area contributed by atoms with Gasteiger partial charge in [0.05, 0.1) is 4.90 Å². The minimum Gasteiger partial charge on any atom is -0.207 e. The predicted octanol–water partition coefficient (Wildman–Crippen LogP) is 3.05. The fourth-order valence-electron chi connectivity index (χ4n) is 2.53. The third-order valence-electron chi connectivity index (χ3n) is 3.73. The molecule has 1 aliphatic rings. The molecule has 110 valence electrons. The number of benzene rings is 2. The average Bonchev–Trinajstić information content (AvgIpc) is 2.96. The zero-order valence-corrected chi connectivity index (χ0v) is 13.2. The molecule has 0 amide bonds. The summed E-state index contributed by atoms with van der Waals surface area (Å²) in [7, 11) is -3.39. The van der Waals surface area contributed by atoms with Crippen LogP contribution < -0.4 is 0 Å². The summed E-state index contributed by atoms with van der Waals surface area (Å²) in [6.45, 7) is 1.04. The van der Waals surface area contributed by atoms with Crippen molar-refractivity contribution in [1.82, 2.24) is 4.31 Å². The van der Waals surface area contributed by atoms with Crippen LogP contribution in [0.5, 0.6) is 0 Å². The standard InChI is InChI=1S/C16H17NO2S2/c18-21(19,17-11-10-15(20)12-17)16-8-6-14(7-9-16)13-4-2-1-3-5-13/h1-9,15,20H,10-12H2. The monoisotopic (exact) mass is 319 g/mol. The minimum atomic E-state index is -3.39. The highest BCUT2D eigenvalue weighted by molar-refractivity contribution is 7.89. The fourth-order valence-corrected chi connectivity index (χ4v) is 4.45. The smallest absolute Gasteiger partial charge is 0.207 e. The van der Waals surface area contributed by atoms with Crippen LogP contribution in [0.3, 0.4) is 0 Å². The van der Waals surface area contributed by atoms with Gasteiger partial charge in [0.15, 0.2) is 0 Å². The highest BCUT2D eigenvalue weighted by atomic mass is 32.2. The summed E-state index contributed by atoms with van der Waals surface area (Å²) in [6.07, 6.45) is 0.810. The van der Waals surface area contributed by atoms with E-state index in [2.05, 4.69) is 12.6 Å². The molecule has 3 nitrogen and oxygen atoms in total. The molecule has 21 heavy (non-hydrogen) atoms. The Bertz CT molecular complexity index is 712. The molecule has 5 heteroatoms. The van der Waals surface area contributed by atoms with Crippen molar-refractivity contribution in [3.05, 3.63) is 54.6 Å². The van der Waals surface area contributed by atoms with Crippen LogP contribution >= 0.6 is 12.6 Å². The molecule has 3 rings (SSSR count). The Morgan fingerprint density at radius 2 is 1.57 bits per heavy atom. The van der Waals surface area contributed by atoms with E-state index >= 15 is 0 Å². The quantitative estimate of drug-likeness (QED) is 0.883. The van der Waals surface area contributed by atoms with Crippen molar-refractivity contribution in [2.45, 2.75) is 16.6 Å². The van der Waals surface area contributed by atoms with Crippen LogP contribution in [-0.4, -0.2) is 31.1 Å². The number of rotatable bonds is 3. The molecule has 1 unspecified atom stereocenters. The van der Waals surface area contributed by atoms with Crippen LogP contribution in [0.15, 0.2) is 59.5 Å². The molecule has 1 aliphatic heterocycles. The minimum absolute atomic E-state index is 0.142. The van der Waals surface area contributed by atoms with Crippen molar-refractivity contribution in [1.29, 1.82) is 0 Å². The molecule has 2 aromatic carbocycles. The third-order valence-corrected chi connectivity index (χ3v) is 6.03. The molecule has 0 aliphatic carbocycles. The molecule has 1 atom stereocenters. The van der Waals surface area contributed by atoms with Gasteiger partial charge in [-0.3, -0.25) is 0 Å². The van der Waals surface area contributed by atoms with E-state index in [-0.39, 0.29) is 5.25 Å². The van der Waals surface area contributed by atoms with Crippen LogP contribution in [0.4, 0.5) is 0 Å². The Labute approximate surface area is 131 Å². The zero-order valence-electron chi connectivity index (χ0n) is 11.5. The number of hydrogen-bond acceptors (Lipinski definition) is 3. The van der Waals surface area contributed by atoms with E-state index in [4.69, 9.17) is 0 Å². The molecule has 0 bridgehead atoms. The van der Waals surface area contributed by atoms with Gasteiger partial charge in [-0.15, -0.1) is 0 Å². The highest BCUT2D eigenvalue weighted by Crippen LogP contribution is 2.26. The summed E-state index contributed by atoms with van der Waals surface area (Å²) in [5.41, 5.74) is 2.10. The van der Waals surface area contributed by atoms with Gasteiger partial charge in [0.25, 0.3) is 0 Å². The fraction of sp³-hybridized carbons (Fsp3) is 0.250.